The second-order valence-corrected chi connectivity index (χ2v) is 3.07. The first kappa shape index (κ1) is 9.60. The van der Waals surface area contributed by atoms with Gasteiger partial charge in [0, 0.05) is 12.1 Å². The van der Waals surface area contributed by atoms with Gasteiger partial charge in [0.05, 0.1) is 28.8 Å². The summed E-state index contributed by atoms with van der Waals surface area (Å²) in [4.78, 5) is 14.0. The van der Waals surface area contributed by atoms with Crippen molar-refractivity contribution in [3.05, 3.63) is 34.6 Å². The molecule has 6 heteroatoms. The van der Waals surface area contributed by atoms with Gasteiger partial charge in [0.2, 0.25) is 0 Å². The minimum absolute atomic E-state index is 0.00914. The topological polar surface area (TPSA) is 80.9 Å². The maximum Gasteiger partial charge on any atom is 0.271 e. The first-order valence-electron chi connectivity index (χ1n) is 4.40. The zero-order valence-electron chi connectivity index (χ0n) is 7.79. The van der Waals surface area contributed by atoms with Gasteiger partial charge in [-0.25, -0.2) is 10.1 Å². The molecule has 0 aliphatic carbocycles. The maximum absolute atomic E-state index is 10.5. The van der Waals surface area contributed by atoms with Gasteiger partial charge >= 0.3 is 0 Å². The number of hydrogen-bond donors (Lipinski definition) is 0. The molecule has 0 spiro atoms. The van der Waals surface area contributed by atoms with Gasteiger partial charge in [-0.2, -0.15) is 0 Å². The molecule has 0 saturated carbocycles. The van der Waals surface area contributed by atoms with Crippen LogP contribution in [0, 0.1) is 10.1 Å². The molecular formula is C9H8N3O3. The van der Waals surface area contributed by atoms with E-state index < -0.39 is 4.92 Å². The van der Waals surface area contributed by atoms with Gasteiger partial charge in [0.1, 0.15) is 6.61 Å². The van der Waals surface area contributed by atoms with E-state index in [4.69, 9.17) is 0 Å². The summed E-state index contributed by atoms with van der Waals surface area (Å²) in [5, 5.41) is 21.0. The molecule has 2 rings (SSSR count). The molecule has 0 amide bonds. The number of benzene rings is 1. The Labute approximate surface area is 84.9 Å². The quantitative estimate of drug-likeness (QED) is 0.561. The Morgan fingerprint density at radius 2 is 2.27 bits per heavy atom. The maximum atomic E-state index is 10.5. The molecule has 0 unspecified atom stereocenters. The van der Waals surface area contributed by atoms with Crippen molar-refractivity contribution in [2.24, 2.45) is 0 Å². The van der Waals surface area contributed by atoms with Crippen LogP contribution in [0.3, 0.4) is 0 Å². The van der Waals surface area contributed by atoms with Gasteiger partial charge in [-0.05, 0) is 6.07 Å². The Balaban J connectivity index is 2.51. The van der Waals surface area contributed by atoms with Crippen molar-refractivity contribution in [1.82, 2.24) is 9.55 Å². The van der Waals surface area contributed by atoms with Gasteiger partial charge < -0.3 is 4.57 Å². The summed E-state index contributed by atoms with van der Waals surface area (Å²) in [6, 6.07) is 4.41. The number of fused-ring (bicyclic) bond motifs is 1. The van der Waals surface area contributed by atoms with Crippen LogP contribution in [0.2, 0.25) is 0 Å². The zero-order valence-corrected chi connectivity index (χ0v) is 7.79. The van der Waals surface area contributed by atoms with Crippen molar-refractivity contribution < 1.29 is 10.0 Å². The van der Waals surface area contributed by atoms with E-state index >= 15 is 0 Å². The Kier molecular flexibility index (Phi) is 2.34. The van der Waals surface area contributed by atoms with E-state index in [1.54, 1.807) is 10.6 Å². The number of nitro groups is 1. The van der Waals surface area contributed by atoms with Gasteiger partial charge in [-0.15, -0.1) is 0 Å². The van der Waals surface area contributed by atoms with E-state index in [0.717, 1.165) is 5.52 Å². The number of non-ortho nitro benzene ring substituents is 1. The highest BCUT2D eigenvalue weighted by Gasteiger charge is 2.09. The van der Waals surface area contributed by atoms with E-state index in [1.807, 2.05) is 0 Å². The molecule has 1 aromatic carbocycles. The number of hydrogen-bond acceptors (Lipinski definition) is 3. The molecule has 0 aliphatic rings. The summed E-state index contributed by atoms with van der Waals surface area (Å²) in [5.74, 6) is 0. The largest absolute Gasteiger partial charge is 0.328 e. The fourth-order valence-corrected chi connectivity index (χ4v) is 1.44. The van der Waals surface area contributed by atoms with Crippen LogP contribution in [-0.4, -0.2) is 21.1 Å². The summed E-state index contributed by atoms with van der Waals surface area (Å²) in [6.45, 7) is 0.0940. The molecule has 6 nitrogen and oxygen atoms in total. The fourth-order valence-electron chi connectivity index (χ4n) is 1.44. The van der Waals surface area contributed by atoms with Crippen LogP contribution in [0.15, 0.2) is 24.5 Å². The summed E-state index contributed by atoms with van der Waals surface area (Å²) in [7, 11) is 0. The number of nitrogens with zero attached hydrogens (tertiary/aromatic N) is 3. The summed E-state index contributed by atoms with van der Waals surface area (Å²) >= 11 is 0. The van der Waals surface area contributed by atoms with Gasteiger partial charge in [-0.3, -0.25) is 10.1 Å². The lowest BCUT2D eigenvalue weighted by atomic mass is 10.3. The monoisotopic (exact) mass is 206 g/mol. The van der Waals surface area contributed by atoms with Crippen LogP contribution in [0.1, 0.15) is 0 Å². The minimum Gasteiger partial charge on any atom is -0.328 e. The van der Waals surface area contributed by atoms with Crippen molar-refractivity contribution in [3.63, 3.8) is 0 Å². The van der Waals surface area contributed by atoms with Crippen molar-refractivity contribution in [2.45, 2.75) is 6.54 Å². The zero-order chi connectivity index (χ0) is 10.8. The SMILES string of the molecule is [O]CCn1cnc2cc([N+](=O)[O-])ccc21. The Morgan fingerprint density at radius 1 is 1.47 bits per heavy atom. The lowest BCUT2D eigenvalue weighted by Crippen LogP contribution is -1.98. The number of rotatable bonds is 3. The van der Waals surface area contributed by atoms with E-state index in [-0.39, 0.29) is 12.3 Å². The molecule has 0 saturated heterocycles. The molecule has 0 N–H and O–H groups in total. The second kappa shape index (κ2) is 3.66. The molecule has 2 aromatic rings. The molecular weight excluding hydrogens is 198 g/mol. The number of nitro benzene ring substituents is 1. The third kappa shape index (κ3) is 1.66. The lowest BCUT2D eigenvalue weighted by molar-refractivity contribution is -0.384. The summed E-state index contributed by atoms with van der Waals surface area (Å²) in [6.07, 6.45) is 1.52. The average molecular weight is 206 g/mol. The summed E-state index contributed by atoms with van der Waals surface area (Å²) < 4.78 is 1.69. The smallest absolute Gasteiger partial charge is 0.271 e. The Morgan fingerprint density at radius 3 is 2.93 bits per heavy atom. The average Bonchev–Trinajstić information content (AvgIpc) is 2.61. The van der Waals surface area contributed by atoms with E-state index in [9.17, 15) is 15.2 Å². The van der Waals surface area contributed by atoms with Crippen LogP contribution in [-0.2, 0) is 11.7 Å². The van der Waals surface area contributed by atoms with Crippen molar-refractivity contribution in [3.8, 4) is 0 Å². The predicted molar refractivity (Wildman–Crippen MR) is 51.9 cm³/mol. The molecule has 0 fully saturated rings. The molecule has 1 aromatic heterocycles. The van der Waals surface area contributed by atoms with Crippen LogP contribution in [0.5, 0.6) is 0 Å². The number of aromatic nitrogens is 2. The van der Waals surface area contributed by atoms with Gasteiger partial charge in [-0.1, -0.05) is 0 Å². The standard InChI is InChI=1S/C9H8N3O3/c13-4-3-11-6-10-8-5-7(12(14)15)1-2-9(8)11/h1-2,5-6H,3-4H2. The van der Waals surface area contributed by atoms with Crippen molar-refractivity contribution in [1.29, 1.82) is 0 Å². The highest BCUT2D eigenvalue weighted by molar-refractivity contribution is 5.77. The van der Waals surface area contributed by atoms with Crippen molar-refractivity contribution >= 4 is 16.7 Å². The first-order valence-corrected chi connectivity index (χ1v) is 4.40. The third-order valence-electron chi connectivity index (χ3n) is 2.15. The van der Waals surface area contributed by atoms with Crippen molar-refractivity contribution in [2.75, 3.05) is 6.61 Å². The Hall–Kier alpha value is -1.95. The van der Waals surface area contributed by atoms with Crippen LogP contribution in [0.4, 0.5) is 5.69 Å². The van der Waals surface area contributed by atoms with E-state index in [2.05, 4.69) is 4.98 Å². The first-order chi connectivity index (χ1) is 7.22. The van der Waals surface area contributed by atoms with Crippen LogP contribution >= 0.6 is 0 Å². The Bertz CT molecular complexity index is 506. The molecule has 15 heavy (non-hydrogen) atoms. The second-order valence-electron chi connectivity index (χ2n) is 3.07. The molecule has 1 heterocycles. The molecule has 0 atom stereocenters. The minimum atomic E-state index is -0.466. The van der Waals surface area contributed by atoms with Crippen LogP contribution < -0.4 is 0 Å². The number of imidazole rings is 1. The van der Waals surface area contributed by atoms with Gasteiger partial charge in [0.25, 0.3) is 5.69 Å². The molecule has 0 bridgehead atoms. The fraction of sp³-hybridized carbons (Fsp3) is 0.222. The molecule has 77 valence electrons. The lowest BCUT2D eigenvalue weighted by Gasteiger charge is -1.98. The summed E-state index contributed by atoms with van der Waals surface area (Å²) in [5.41, 5.74) is 1.30. The molecule has 0 aliphatic heterocycles. The van der Waals surface area contributed by atoms with E-state index in [0.29, 0.717) is 12.1 Å². The highest BCUT2D eigenvalue weighted by Crippen LogP contribution is 2.19. The normalized spacial score (nSPS) is 10.7. The van der Waals surface area contributed by atoms with E-state index in [1.165, 1.54) is 18.5 Å². The van der Waals surface area contributed by atoms with Crippen LogP contribution in [0.25, 0.3) is 11.0 Å². The highest BCUT2D eigenvalue weighted by atomic mass is 16.6. The third-order valence-corrected chi connectivity index (χ3v) is 2.15. The van der Waals surface area contributed by atoms with Gasteiger partial charge in [0.15, 0.2) is 0 Å². The predicted octanol–water partition coefficient (Wildman–Crippen LogP) is 1.38. The molecule has 1 radical (unpaired) electrons.